The number of amides is 1. The van der Waals surface area contributed by atoms with E-state index in [0.717, 1.165) is 43.2 Å². The van der Waals surface area contributed by atoms with Gasteiger partial charge in [-0.15, -0.1) is 0 Å². The Morgan fingerprint density at radius 2 is 2.05 bits per heavy atom. The number of aliphatic hydroxyl groups is 1. The lowest BCUT2D eigenvalue weighted by atomic mass is 9.92. The van der Waals surface area contributed by atoms with E-state index in [0.29, 0.717) is 47.9 Å². The lowest BCUT2D eigenvalue weighted by Gasteiger charge is -2.36. The number of piperidine rings is 1. The van der Waals surface area contributed by atoms with Crippen molar-refractivity contribution in [3.8, 4) is 0 Å². The zero-order valence-corrected chi connectivity index (χ0v) is 23.9. The van der Waals surface area contributed by atoms with Gasteiger partial charge in [-0.1, -0.05) is 35.0 Å². The minimum Gasteiger partial charge on any atom is -0.393 e. The third kappa shape index (κ3) is 4.45. The molecule has 3 heterocycles. The number of hydrogen-bond donors (Lipinski definition) is 2. The van der Waals surface area contributed by atoms with Crippen molar-refractivity contribution in [1.82, 2.24) is 14.3 Å². The molecular formula is C27H34BrN5O4S. The van der Waals surface area contributed by atoms with Gasteiger partial charge >= 0.3 is 0 Å². The fourth-order valence-electron chi connectivity index (χ4n) is 6.37. The molecule has 2 aromatic rings. The van der Waals surface area contributed by atoms with Gasteiger partial charge in [0.1, 0.15) is 5.82 Å². The van der Waals surface area contributed by atoms with E-state index in [-0.39, 0.29) is 30.0 Å². The average Bonchev–Trinajstić information content (AvgIpc) is 3.68. The number of nitrogens with zero attached hydrogens (tertiary/aromatic N) is 4. The Morgan fingerprint density at radius 1 is 1.24 bits per heavy atom. The molecule has 1 saturated heterocycles. The number of hydrogen-bond acceptors (Lipinski definition) is 7. The molecule has 0 bridgehead atoms. The van der Waals surface area contributed by atoms with E-state index >= 15 is 0 Å². The van der Waals surface area contributed by atoms with Crippen molar-refractivity contribution in [2.45, 2.75) is 85.7 Å². The first-order valence-corrected chi connectivity index (χ1v) is 16.1. The zero-order valence-electron chi connectivity index (χ0n) is 21.5. The molecule has 4 atom stereocenters. The van der Waals surface area contributed by atoms with E-state index in [1.54, 1.807) is 28.7 Å². The predicted octanol–water partition coefficient (Wildman–Crippen LogP) is 3.56. The lowest BCUT2D eigenvalue weighted by molar-refractivity contribution is -0.121. The largest absolute Gasteiger partial charge is 0.393 e. The van der Waals surface area contributed by atoms with Crippen molar-refractivity contribution in [3.05, 3.63) is 41.6 Å². The Kier molecular flexibility index (Phi) is 6.77. The number of benzene rings is 1. The highest BCUT2D eigenvalue weighted by Crippen LogP contribution is 2.57. The van der Waals surface area contributed by atoms with E-state index in [1.165, 1.54) is 0 Å². The summed E-state index contributed by atoms with van der Waals surface area (Å²) < 4.78 is 28.2. The summed E-state index contributed by atoms with van der Waals surface area (Å²) in [5.41, 5.74) is 1.36. The summed E-state index contributed by atoms with van der Waals surface area (Å²) in [5.74, 6) is 1.29. The number of carbonyl (C=O) groups excluding carboxylic acids is 1. The maximum Gasteiger partial charge on any atom is 0.243 e. The maximum atomic E-state index is 13.5. The third-order valence-corrected chi connectivity index (χ3v) is 11.3. The van der Waals surface area contributed by atoms with Crippen LogP contribution in [0.25, 0.3) is 0 Å². The van der Waals surface area contributed by atoms with Crippen LogP contribution in [0.5, 0.6) is 0 Å². The SMILES string of the molecule is C[C@@H]1CN(S(=O)(=O)c2cccc(CBr)c2)CC[C@@H]1Nc1ncc2c(n1)N([C@@H]1CCC[C@@H](O)C1)C(=O)C21CC1. The normalized spacial score (nSPS) is 28.9. The summed E-state index contributed by atoms with van der Waals surface area (Å²) >= 11 is 3.40. The number of anilines is 2. The molecule has 2 aliphatic heterocycles. The summed E-state index contributed by atoms with van der Waals surface area (Å²) in [6.07, 6.45) is 6.81. The van der Waals surface area contributed by atoms with Crippen LogP contribution >= 0.6 is 15.9 Å². The van der Waals surface area contributed by atoms with Crippen molar-refractivity contribution in [2.75, 3.05) is 23.3 Å². The van der Waals surface area contributed by atoms with Crippen molar-refractivity contribution < 1.29 is 18.3 Å². The number of fused-ring (bicyclic) bond motifs is 2. The molecule has 3 fully saturated rings. The number of sulfonamides is 1. The minimum atomic E-state index is -3.58. The second-order valence-corrected chi connectivity index (χ2v) is 13.8. The van der Waals surface area contributed by atoms with Crippen molar-refractivity contribution in [2.24, 2.45) is 5.92 Å². The first-order chi connectivity index (χ1) is 18.2. The second-order valence-electron chi connectivity index (χ2n) is 11.3. The quantitative estimate of drug-likeness (QED) is 0.485. The second kappa shape index (κ2) is 9.83. The molecular weight excluding hydrogens is 570 g/mol. The molecule has 2 aliphatic carbocycles. The summed E-state index contributed by atoms with van der Waals surface area (Å²) in [6, 6.07) is 7.02. The van der Waals surface area contributed by atoms with E-state index in [4.69, 9.17) is 4.98 Å². The number of halogens is 1. The highest BCUT2D eigenvalue weighted by Gasteiger charge is 2.61. The van der Waals surface area contributed by atoms with Crippen molar-refractivity contribution in [3.63, 3.8) is 0 Å². The topological polar surface area (TPSA) is 116 Å². The molecule has 4 aliphatic rings. The molecule has 2 saturated carbocycles. The molecule has 204 valence electrons. The Morgan fingerprint density at radius 3 is 2.76 bits per heavy atom. The molecule has 1 aromatic carbocycles. The van der Waals surface area contributed by atoms with E-state index in [9.17, 15) is 18.3 Å². The highest BCUT2D eigenvalue weighted by atomic mass is 79.9. The fraction of sp³-hybridized carbons (Fsp3) is 0.593. The maximum absolute atomic E-state index is 13.5. The summed E-state index contributed by atoms with van der Waals surface area (Å²) in [7, 11) is -3.58. The Labute approximate surface area is 232 Å². The number of aromatic nitrogens is 2. The first-order valence-electron chi connectivity index (χ1n) is 13.5. The van der Waals surface area contributed by atoms with Crippen LogP contribution in [-0.4, -0.2) is 65.0 Å². The minimum absolute atomic E-state index is 0.00492. The summed E-state index contributed by atoms with van der Waals surface area (Å²) in [5, 5.41) is 14.3. The Bertz CT molecular complexity index is 1350. The molecule has 11 heteroatoms. The van der Waals surface area contributed by atoms with Gasteiger partial charge in [-0.25, -0.2) is 13.4 Å². The van der Waals surface area contributed by atoms with Gasteiger partial charge in [0.05, 0.1) is 16.4 Å². The monoisotopic (exact) mass is 603 g/mol. The van der Waals surface area contributed by atoms with Crippen LogP contribution in [-0.2, 0) is 25.6 Å². The van der Waals surface area contributed by atoms with Gasteiger partial charge < -0.3 is 10.4 Å². The Balaban J connectivity index is 1.19. The lowest BCUT2D eigenvalue weighted by Crippen LogP contribution is -2.47. The van der Waals surface area contributed by atoms with Crippen molar-refractivity contribution >= 4 is 43.6 Å². The third-order valence-electron chi connectivity index (χ3n) is 8.75. The number of nitrogens with one attached hydrogen (secondary N) is 1. The average molecular weight is 605 g/mol. The van der Waals surface area contributed by atoms with Gasteiger partial charge in [0.25, 0.3) is 0 Å². The standard InChI is InChI=1S/C27H34BrN5O4S/c1-17-16-32(38(36,37)21-7-2-4-18(12-21)14-28)11-8-23(17)30-26-29-15-22-24(31-26)33(25(35)27(22)9-10-27)19-5-3-6-20(34)13-19/h2,4,7,12,15,17,19-20,23,34H,3,5-6,8-11,13-14,16H2,1H3,(H,29,30,31)/t17-,19-,20-,23+/m1/s1. The van der Waals surface area contributed by atoms with Gasteiger partial charge in [0, 0.05) is 42.3 Å². The molecule has 1 aromatic heterocycles. The zero-order chi connectivity index (χ0) is 26.7. The van der Waals surface area contributed by atoms with Gasteiger partial charge in [-0.2, -0.15) is 9.29 Å². The van der Waals surface area contributed by atoms with E-state index in [1.807, 2.05) is 17.9 Å². The van der Waals surface area contributed by atoms with Crippen LogP contribution in [0.4, 0.5) is 11.8 Å². The molecule has 1 amide bonds. The highest BCUT2D eigenvalue weighted by molar-refractivity contribution is 9.08. The van der Waals surface area contributed by atoms with Gasteiger partial charge in [-0.05, 0) is 68.6 Å². The molecule has 38 heavy (non-hydrogen) atoms. The molecule has 6 rings (SSSR count). The van der Waals surface area contributed by atoms with E-state index < -0.39 is 15.4 Å². The van der Waals surface area contributed by atoms with Gasteiger partial charge in [0.2, 0.25) is 21.9 Å². The fourth-order valence-corrected chi connectivity index (χ4v) is 8.34. The molecule has 0 radical (unpaired) electrons. The van der Waals surface area contributed by atoms with Crippen LogP contribution in [0.3, 0.4) is 0 Å². The smallest absolute Gasteiger partial charge is 0.243 e. The number of carbonyl (C=O) groups is 1. The predicted molar refractivity (Wildman–Crippen MR) is 148 cm³/mol. The molecule has 2 N–H and O–H groups in total. The molecule has 9 nitrogen and oxygen atoms in total. The van der Waals surface area contributed by atoms with Gasteiger partial charge in [0.15, 0.2) is 0 Å². The number of aliphatic hydroxyl groups excluding tert-OH is 1. The van der Waals surface area contributed by atoms with Crippen LogP contribution in [0, 0.1) is 5.92 Å². The van der Waals surface area contributed by atoms with E-state index in [2.05, 4.69) is 26.2 Å². The Hall–Kier alpha value is -2.08. The summed E-state index contributed by atoms with van der Waals surface area (Å²) in [4.78, 5) is 25.1. The molecule has 0 unspecified atom stereocenters. The summed E-state index contributed by atoms with van der Waals surface area (Å²) in [6.45, 7) is 2.85. The van der Waals surface area contributed by atoms with Crippen LogP contribution in [0.15, 0.2) is 35.4 Å². The first kappa shape index (κ1) is 26.2. The number of alkyl halides is 1. The van der Waals surface area contributed by atoms with Gasteiger partial charge in [-0.3, -0.25) is 9.69 Å². The number of rotatable bonds is 6. The van der Waals surface area contributed by atoms with Crippen molar-refractivity contribution in [1.29, 1.82) is 0 Å². The van der Waals surface area contributed by atoms with Crippen LogP contribution in [0.2, 0.25) is 0 Å². The van der Waals surface area contributed by atoms with Crippen LogP contribution in [0.1, 0.15) is 63.0 Å². The molecule has 1 spiro atoms. The van der Waals surface area contributed by atoms with Crippen LogP contribution < -0.4 is 10.2 Å².